The van der Waals surface area contributed by atoms with E-state index in [2.05, 4.69) is 40.5 Å². The van der Waals surface area contributed by atoms with Crippen LogP contribution in [0.25, 0.3) is 10.9 Å². The standard InChI is InChI=1S/C12H14N4.ClH/c1-9-3-2-4-11-10(9)7-15-16(11)8-12-13-5-6-14-12;/h2-4,7H,5-6,8H2,1H3,(H,13,14);1H. The Morgan fingerprint density at radius 2 is 2.29 bits per heavy atom. The average molecular weight is 251 g/mol. The number of aliphatic imine (C=N–C) groups is 1. The summed E-state index contributed by atoms with van der Waals surface area (Å²) in [4.78, 5) is 4.38. The number of aromatic nitrogens is 2. The van der Waals surface area contributed by atoms with Crippen LogP contribution in [0.1, 0.15) is 5.56 Å². The number of nitrogens with one attached hydrogen (secondary N) is 1. The number of benzene rings is 1. The monoisotopic (exact) mass is 250 g/mol. The molecule has 1 aliphatic heterocycles. The van der Waals surface area contributed by atoms with Crippen molar-refractivity contribution in [2.24, 2.45) is 4.99 Å². The first-order valence-electron chi connectivity index (χ1n) is 5.53. The minimum absolute atomic E-state index is 0. The van der Waals surface area contributed by atoms with Crippen molar-refractivity contribution in [2.45, 2.75) is 13.5 Å². The van der Waals surface area contributed by atoms with E-state index >= 15 is 0 Å². The fourth-order valence-electron chi connectivity index (χ4n) is 2.07. The molecule has 0 unspecified atom stereocenters. The molecule has 0 aliphatic carbocycles. The van der Waals surface area contributed by atoms with Gasteiger partial charge in [0.1, 0.15) is 5.84 Å². The molecule has 17 heavy (non-hydrogen) atoms. The summed E-state index contributed by atoms with van der Waals surface area (Å²) in [5.74, 6) is 1.03. The van der Waals surface area contributed by atoms with Crippen molar-refractivity contribution in [3.63, 3.8) is 0 Å². The first kappa shape index (κ1) is 11.9. The molecule has 2 aromatic rings. The highest BCUT2D eigenvalue weighted by Gasteiger charge is 2.09. The molecule has 0 atom stereocenters. The molecule has 0 bridgehead atoms. The lowest BCUT2D eigenvalue weighted by Gasteiger charge is -2.04. The fraction of sp³-hybridized carbons (Fsp3) is 0.333. The predicted octanol–water partition coefficient (Wildman–Crippen LogP) is 1.77. The van der Waals surface area contributed by atoms with E-state index in [0.29, 0.717) is 0 Å². The van der Waals surface area contributed by atoms with Crippen LogP contribution >= 0.6 is 12.4 Å². The predicted molar refractivity (Wildman–Crippen MR) is 72.0 cm³/mol. The molecular weight excluding hydrogens is 236 g/mol. The van der Waals surface area contributed by atoms with Gasteiger partial charge in [-0.1, -0.05) is 12.1 Å². The van der Waals surface area contributed by atoms with Gasteiger partial charge < -0.3 is 5.32 Å². The Labute approximate surface area is 106 Å². The van der Waals surface area contributed by atoms with Crippen LogP contribution in [0.2, 0.25) is 0 Å². The van der Waals surface area contributed by atoms with Gasteiger partial charge in [0.15, 0.2) is 0 Å². The van der Waals surface area contributed by atoms with E-state index in [9.17, 15) is 0 Å². The molecule has 1 aliphatic rings. The van der Waals surface area contributed by atoms with Crippen LogP contribution < -0.4 is 5.32 Å². The first-order chi connectivity index (χ1) is 7.84. The summed E-state index contributed by atoms with van der Waals surface area (Å²) >= 11 is 0. The zero-order valence-corrected chi connectivity index (χ0v) is 10.5. The fourth-order valence-corrected chi connectivity index (χ4v) is 2.07. The zero-order valence-electron chi connectivity index (χ0n) is 9.68. The summed E-state index contributed by atoms with van der Waals surface area (Å²) in [5.41, 5.74) is 2.45. The molecule has 4 nitrogen and oxygen atoms in total. The minimum Gasteiger partial charge on any atom is -0.370 e. The Balaban J connectivity index is 0.00000108. The zero-order chi connectivity index (χ0) is 11.0. The number of aryl methyl sites for hydroxylation is 1. The third-order valence-electron chi connectivity index (χ3n) is 2.95. The van der Waals surface area contributed by atoms with Crippen LogP contribution in [-0.4, -0.2) is 28.7 Å². The molecule has 0 saturated carbocycles. The second kappa shape index (κ2) is 4.75. The highest BCUT2D eigenvalue weighted by Crippen LogP contribution is 2.17. The van der Waals surface area contributed by atoms with Gasteiger partial charge in [-0.3, -0.25) is 9.67 Å². The maximum Gasteiger partial charge on any atom is 0.118 e. The molecule has 0 amide bonds. The minimum atomic E-state index is 0. The molecule has 2 heterocycles. The summed E-state index contributed by atoms with van der Waals surface area (Å²) in [6.45, 7) is 4.69. The van der Waals surface area contributed by atoms with E-state index in [0.717, 1.165) is 25.5 Å². The molecular formula is C12H15ClN4. The Morgan fingerprint density at radius 3 is 3.06 bits per heavy atom. The van der Waals surface area contributed by atoms with Gasteiger partial charge in [0.25, 0.3) is 0 Å². The van der Waals surface area contributed by atoms with Gasteiger partial charge in [0, 0.05) is 11.9 Å². The lowest BCUT2D eigenvalue weighted by Crippen LogP contribution is -2.24. The molecule has 0 radical (unpaired) electrons. The van der Waals surface area contributed by atoms with E-state index in [1.807, 2.05) is 10.9 Å². The van der Waals surface area contributed by atoms with E-state index in [-0.39, 0.29) is 12.4 Å². The molecule has 5 heteroatoms. The lowest BCUT2D eigenvalue weighted by atomic mass is 10.1. The van der Waals surface area contributed by atoms with E-state index in [4.69, 9.17) is 0 Å². The van der Waals surface area contributed by atoms with Gasteiger partial charge in [-0.05, 0) is 18.6 Å². The van der Waals surface area contributed by atoms with Crippen molar-refractivity contribution in [3.05, 3.63) is 30.0 Å². The van der Waals surface area contributed by atoms with Gasteiger partial charge in [-0.15, -0.1) is 12.4 Å². The van der Waals surface area contributed by atoms with Crippen molar-refractivity contribution in [2.75, 3.05) is 13.1 Å². The number of hydrogen-bond acceptors (Lipinski definition) is 3. The van der Waals surface area contributed by atoms with Crippen LogP contribution in [0.4, 0.5) is 0 Å². The van der Waals surface area contributed by atoms with E-state index in [1.165, 1.54) is 16.5 Å². The smallest absolute Gasteiger partial charge is 0.118 e. The lowest BCUT2D eigenvalue weighted by molar-refractivity contribution is 0.739. The van der Waals surface area contributed by atoms with Crippen molar-refractivity contribution >= 4 is 29.1 Å². The van der Waals surface area contributed by atoms with E-state index in [1.54, 1.807) is 0 Å². The van der Waals surface area contributed by atoms with Crippen LogP contribution in [0.5, 0.6) is 0 Å². The Kier molecular flexibility index (Phi) is 3.33. The van der Waals surface area contributed by atoms with Crippen molar-refractivity contribution in [1.82, 2.24) is 15.1 Å². The Morgan fingerprint density at radius 1 is 1.41 bits per heavy atom. The highest BCUT2D eigenvalue weighted by atomic mass is 35.5. The summed E-state index contributed by atoms with van der Waals surface area (Å²) in [5, 5.41) is 8.90. The number of halogens is 1. The van der Waals surface area contributed by atoms with Gasteiger partial charge in [-0.25, -0.2) is 0 Å². The van der Waals surface area contributed by atoms with Gasteiger partial charge in [0.2, 0.25) is 0 Å². The molecule has 90 valence electrons. The molecule has 1 aromatic heterocycles. The quantitative estimate of drug-likeness (QED) is 0.883. The molecule has 0 fully saturated rings. The number of fused-ring (bicyclic) bond motifs is 1. The maximum absolute atomic E-state index is 4.42. The van der Waals surface area contributed by atoms with Crippen LogP contribution in [-0.2, 0) is 6.54 Å². The SMILES string of the molecule is Cc1cccc2c1cnn2CC1=NCCN1.Cl. The molecule has 1 N–H and O–H groups in total. The summed E-state index contributed by atoms with van der Waals surface area (Å²) < 4.78 is 2.00. The maximum atomic E-state index is 4.42. The van der Waals surface area contributed by atoms with Gasteiger partial charge in [0.05, 0.1) is 24.8 Å². The van der Waals surface area contributed by atoms with Crippen LogP contribution in [0.3, 0.4) is 0 Å². The summed E-state index contributed by atoms with van der Waals surface area (Å²) in [6, 6.07) is 6.28. The molecule has 1 aromatic carbocycles. The topological polar surface area (TPSA) is 42.2 Å². The Hall–Kier alpha value is -1.55. The summed E-state index contributed by atoms with van der Waals surface area (Å²) in [6.07, 6.45) is 1.93. The molecule has 0 saturated heterocycles. The molecule has 3 rings (SSSR count). The second-order valence-electron chi connectivity index (χ2n) is 4.07. The second-order valence-corrected chi connectivity index (χ2v) is 4.07. The number of nitrogens with zero attached hydrogens (tertiary/aromatic N) is 3. The van der Waals surface area contributed by atoms with Crippen LogP contribution in [0, 0.1) is 6.92 Å². The average Bonchev–Trinajstić information content (AvgIpc) is 2.90. The first-order valence-corrected chi connectivity index (χ1v) is 5.53. The number of amidine groups is 1. The largest absolute Gasteiger partial charge is 0.370 e. The van der Waals surface area contributed by atoms with Crippen molar-refractivity contribution in [3.8, 4) is 0 Å². The Bertz CT molecular complexity index is 559. The summed E-state index contributed by atoms with van der Waals surface area (Å²) in [7, 11) is 0. The van der Waals surface area contributed by atoms with E-state index < -0.39 is 0 Å². The van der Waals surface area contributed by atoms with Crippen LogP contribution in [0.15, 0.2) is 29.4 Å². The van der Waals surface area contributed by atoms with Gasteiger partial charge >= 0.3 is 0 Å². The van der Waals surface area contributed by atoms with Crippen molar-refractivity contribution in [1.29, 1.82) is 0 Å². The normalized spacial score (nSPS) is 14.3. The highest BCUT2D eigenvalue weighted by molar-refractivity contribution is 5.87. The number of hydrogen-bond donors (Lipinski definition) is 1. The molecule has 0 spiro atoms. The third-order valence-corrected chi connectivity index (χ3v) is 2.95. The number of rotatable bonds is 2. The third kappa shape index (κ3) is 2.13. The van der Waals surface area contributed by atoms with Gasteiger partial charge in [-0.2, -0.15) is 5.10 Å². The van der Waals surface area contributed by atoms with Crippen molar-refractivity contribution < 1.29 is 0 Å².